The largest absolute Gasteiger partial charge is 0.354 e. The molecule has 0 radical (unpaired) electrons. The molecule has 0 saturated carbocycles. The number of nitrogens with one attached hydrogen (secondary N) is 3. The van der Waals surface area contributed by atoms with Gasteiger partial charge in [0.15, 0.2) is 0 Å². The zero-order valence-corrected chi connectivity index (χ0v) is 20.0. The Morgan fingerprint density at radius 1 is 0.938 bits per heavy atom. The number of likely N-dealkylation sites (N-methyl/N-ethyl adjacent to an activating group) is 1. The van der Waals surface area contributed by atoms with Gasteiger partial charge in [0.2, 0.25) is 17.7 Å². The van der Waals surface area contributed by atoms with Crippen molar-refractivity contribution in [1.82, 2.24) is 20.9 Å². The third-order valence-electron chi connectivity index (χ3n) is 6.02. The quantitative estimate of drug-likeness (QED) is 0.664. The number of nitrogens with zero attached hydrogens (tertiary/aromatic N) is 1. The van der Waals surface area contributed by atoms with Crippen LogP contribution in [0.15, 0.2) is 30.3 Å². The van der Waals surface area contributed by atoms with Crippen LogP contribution in [-0.2, 0) is 20.8 Å². The molecule has 7 heteroatoms. The standard InChI is InChI=1S/C25H40N4O3/c1-18(2)16-21-24(31)27-15-11-6-5-10-14-26-22(17-20-12-8-7-9-13-20)25(32)29(4)19(3)23(30)28-21/h7-9,12-13,18-19,21-22,26H,5-6,10-11,14-17H2,1-4H3,(H,27,31)(H,28,30)/t19-,21-,22-/m0/s1. The molecule has 3 amide bonds. The summed E-state index contributed by atoms with van der Waals surface area (Å²) in [6.45, 7) is 7.11. The lowest BCUT2D eigenvalue weighted by Crippen LogP contribution is -2.56. The van der Waals surface area contributed by atoms with Crippen molar-refractivity contribution in [2.24, 2.45) is 5.92 Å². The minimum Gasteiger partial charge on any atom is -0.354 e. The van der Waals surface area contributed by atoms with E-state index in [4.69, 9.17) is 0 Å². The molecular formula is C25H40N4O3. The zero-order valence-electron chi connectivity index (χ0n) is 20.0. The number of hydrogen-bond donors (Lipinski definition) is 3. The van der Waals surface area contributed by atoms with Gasteiger partial charge in [-0.2, -0.15) is 0 Å². The van der Waals surface area contributed by atoms with Crippen molar-refractivity contribution in [3.05, 3.63) is 35.9 Å². The van der Waals surface area contributed by atoms with Gasteiger partial charge >= 0.3 is 0 Å². The average Bonchev–Trinajstić information content (AvgIpc) is 2.77. The van der Waals surface area contributed by atoms with Gasteiger partial charge in [-0.05, 0) is 50.6 Å². The van der Waals surface area contributed by atoms with Gasteiger partial charge in [0, 0.05) is 13.6 Å². The number of rotatable bonds is 4. The Bertz CT molecular complexity index is 738. The fourth-order valence-electron chi connectivity index (χ4n) is 3.92. The van der Waals surface area contributed by atoms with Gasteiger partial charge in [-0.15, -0.1) is 0 Å². The Labute approximate surface area is 192 Å². The summed E-state index contributed by atoms with van der Waals surface area (Å²) in [5.74, 6) is -0.324. The van der Waals surface area contributed by atoms with Crippen LogP contribution in [0.1, 0.15) is 58.4 Å². The van der Waals surface area contributed by atoms with Crippen molar-refractivity contribution in [3.63, 3.8) is 0 Å². The molecule has 1 fully saturated rings. The van der Waals surface area contributed by atoms with Gasteiger partial charge in [0.25, 0.3) is 0 Å². The molecule has 1 saturated heterocycles. The SMILES string of the molecule is CC(C)C[C@@H]1NC(=O)[C@H](C)N(C)C(=O)[C@H](Cc2ccccc2)NCCCCCCNC1=O. The van der Waals surface area contributed by atoms with Gasteiger partial charge in [0.05, 0.1) is 6.04 Å². The lowest BCUT2D eigenvalue weighted by Gasteiger charge is -2.30. The van der Waals surface area contributed by atoms with Crippen LogP contribution in [0.3, 0.4) is 0 Å². The van der Waals surface area contributed by atoms with E-state index in [1.54, 1.807) is 14.0 Å². The van der Waals surface area contributed by atoms with Crippen LogP contribution in [0.4, 0.5) is 0 Å². The maximum atomic E-state index is 13.3. The Kier molecular flexibility index (Phi) is 10.7. The van der Waals surface area contributed by atoms with E-state index in [-0.39, 0.29) is 23.6 Å². The maximum Gasteiger partial charge on any atom is 0.243 e. The van der Waals surface area contributed by atoms with E-state index >= 15 is 0 Å². The van der Waals surface area contributed by atoms with E-state index in [1.165, 1.54) is 4.90 Å². The van der Waals surface area contributed by atoms with Crippen molar-refractivity contribution < 1.29 is 14.4 Å². The van der Waals surface area contributed by atoms with Gasteiger partial charge in [-0.25, -0.2) is 0 Å². The summed E-state index contributed by atoms with van der Waals surface area (Å²) in [5.41, 5.74) is 1.08. The molecule has 0 unspecified atom stereocenters. The summed E-state index contributed by atoms with van der Waals surface area (Å²) in [6.07, 6.45) is 5.03. The average molecular weight is 445 g/mol. The van der Waals surface area contributed by atoms with Crippen LogP contribution in [0.2, 0.25) is 0 Å². The predicted molar refractivity (Wildman–Crippen MR) is 127 cm³/mol. The molecule has 32 heavy (non-hydrogen) atoms. The second-order valence-electron chi connectivity index (χ2n) is 9.22. The molecule has 7 nitrogen and oxygen atoms in total. The van der Waals surface area contributed by atoms with E-state index < -0.39 is 18.1 Å². The highest BCUT2D eigenvalue weighted by Crippen LogP contribution is 2.11. The van der Waals surface area contributed by atoms with Crippen molar-refractivity contribution >= 4 is 17.7 Å². The zero-order chi connectivity index (χ0) is 23.5. The Hall–Kier alpha value is -2.41. The smallest absolute Gasteiger partial charge is 0.243 e. The molecule has 1 aromatic carbocycles. The first-order valence-corrected chi connectivity index (χ1v) is 11.9. The summed E-state index contributed by atoms with van der Waals surface area (Å²) < 4.78 is 0. The third kappa shape index (κ3) is 8.26. The highest BCUT2D eigenvalue weighted by atomic mass is 16.2. The highest BCUT2D eigenvalue weighted by molar-refractivity contribution is 5.92. The topological polar surface area (TPSA) is 90.5 Å². The van der Waals surface area contributed by atoms with E-state index in [0.29, 0.717) is 19.4 Å². The molecule has 3 atom stereocenters. The number of amides is 3. The van der Waals surface area contributed by atoms with Crippen LogP contribution in [0.5, 0.6) is 0 Å². The van der Waals surface area contributed by atoms with Crippen LogP contribution >= 0.6 is 0 Å². The molecule has 3 N–H and O–H groups in total. The minimum atomic E-state index is -0.682. The predicted octanol–water partition coefficient (Wildman–Crippen LogP) is 2.26. The second-order valence-corrected chi connectivity index (χ2v) is 9.22. The van der Waals surface area contributed by atoms with Crippen LogP contribution in [-0.4, -0.2) is 60.9 Å². The van der Waals surface area contributed by atoms with Gasteiger partial charge in [-0.3, -0.25) is 14.4 Å². The molecule has 1 aliphatic heterocycles. The molecule has 0 bridgehead atoms. The summed E-state index contributed by atoms with van der Waals surface area (Å²) in [4.78, 5) is 40.5. The normalized spacial score (nSPS) is 24.8. The van der Waals surface area contributed by atoms with Crippen LogP contribution in [0.25, 0.3) is 0 Å². The lowest BCUT2D eigenvalue weighted by atomic mass is 10.0. The van der Waals surface area contributed by atoms with Crippen molar-refractivity contribution in [3.8, 4) is 0 Å². The van der Waals surface area contributed by atoms with Crippen molar-refractivity contribution in [1.29, 1.82) is 0 Å². The Morgan fingerprint density at radius 2 is 1.59 bits per heavy atom. The number of carbonyl (C=O) groups excluding carboxylic acids is 3. The molecule has 2 rings (SSSR count). The maximum absolute atomic E-state index is 13.3. The Morgan fingerprint density at radius 3 is 2.25 bits per heavy atom. The third-order valence-corrected chi connectivity index (χ3v) is 6.02. The first-order valence-electron chi connectivity index (χ1n) is 11.9. The van der Waals surface area contributed by atoms with Gasteiger partial charge in [-0.1, -0.05) is 57.0 Å². The fourth-order valence-corrected chi connectivity index (χ4v) is 3.92. The van der Waals surface area contributed by atoms with Crippen LogP contribution in [0, 0.1) is 5.92 Å². The molecule has 0 spiro atoms. The van der Waals surface area contributed by atoms with E-state index in [2.05, 4.69) is 16.0 Å². The van der Waals surface area contributed by atoms with E-state index in [0.717, 1.165) is 37.8 Å². The van der Waals surface area contributed by atoms with E-state index in [1.807, 2.05) is 44.2 Å². The summed E-state index contributed by atoms with van der Waals surface area (Å²) in [7, 11) is 1.66. The van der Waals surface area contributed by atoms with Crippen molar-refractivity contribution in [2.75, 3.05) is 20.1 Å². The van der Waals surface area contributed by atoms with Crippen LogP contribution < -0.4 is 16.0 Å². The highest BCUT2D eigenvalue weighted by Gasteiger charge is 2.31. The second kappa shape index (κ2) is 13.2. The van der Waals surface area contributed by atoms with E-state index in [9.17, 15) is 14.4 Å². The molecule has 1 aliphatic rings. The summed E-state index contributed by atoms with van der Waals surface area (Å²) >= 11 is 0. The fraction of sp³-hybridized carbons (Fsp3) is 0.640. The molecule has 1 heterocycles. The summed E-state index contributed by atoms with van der Waals surface area (Å²) in [6, 6.07) is 8.24. The molecule has 0 aliphatic carbocycles. The molecule has 178 valence electrons. The number of benzene rings is 1. The van der Waals surface area contributed by atoms with Gasteiger partial charge < -0.3 is 20.9 Å². The summed E-state index contributed by atoms with van der Waals surface area (Å²) in [5, 5.41) is 9.25. The molecule has 1 aromatic rings. The van der Waals surface area contributed by atoms with Gasteiger partial charge in [0.1, 0.15) is 12.1 Å². The lowest BCUT2D eigenvalue weighted by molar-refractivity contribution is -0.140. The molecular weight excluding hydrogens is 404 g/mol. The molecule has 0 aromatic heterocycles. The first kappa shape index (κ1) is 25.8. The number of hydrogen-bond acceptors (Lipinski definition) is 4. The van der Waals surface area contributed by atoms with Crippen molar-refractivity contribution in [2.45, 2.75) is 77.4 Å². The minimum absolute atomic E-state index is 0.117. The number of carbonyl (C=O) groups is 3. The first-order chi connectivity index (χ1) is 15.3. The Balaban J connectivity index is 2.18. The monoisotopic (exact) mass is 444 g/mol.